The number of methoxy groups -OCH3 is 1. The van der Waals surface area contributed by atoms with Gasteiger partial charge in [-0.25, -0.2) is 0 Å². The number of carbonyl (C=O) groups is 2. The van der Waals surface area contributed by atoms with Crippen LogP contribution in [0, 0.1) is 0 Å². The lowest BCUT2D eigenvalue weighted by molar-refractivity contribution is -0.140. The molecule has 2 aromatic rings. The Morgan fingerprint density at radius 1 is 1.07 bits per heavy atom. The minimum absolute atomic E-state index is 0.0275. The molecule has 1 saturated heterocycles. The van der Waals surface area contributed by atoms with Gasteiger partial charge in [0.15, 0.2) is 0 Å². The number of hydrogen-bond acceptors (Lipinski definition) is 4. The smallest absolute Gasteiger partial charge is 0.243 e. The molecule has 1 N–H and O–H groups in total. The van der Waals surface area contributed by atoms with Crippen LogP contribution in [0.1, 0.15) is 24.8 Å². The molecule has 0 unspecified atom stereocenters. The number of nitrogens with zero attached hydrogens (tertiary/aromatic N) is 1. The van der Waals surface area contributed by atoms with Gasteiger partial charge < -0.3 is 19.7 Å². The van der Waals surface area contributed by atoms with Crippen molar-refractivity contribution < 1.29 is 19.1 Å². The van der Waals surface area contributed by atoms with E-state index in [-0.39, 0.29) is 17.9 Å². The van der Waals surface area contributed by atoms with Crippen LogP contribution in [-0.4, -0.2) is 55.7 Å². The van der Waals surface area contributed by atoms with E-state index in [1.54, 1.807) is 12.0 Å². The average Bonchev–Trinajstić information content (AvgIpc) is 3.49. The van der Waals surface area contributed by atoms with Crippen LogP contribution in [0.2, 0.25) is 0 Å². The molecule has 1 saturated carbocycles. The van der Waals surface area contributed by atoms with E-state index in [4.69, 9.17) is 9.47 Å². The minimum atomic E-state index is -0.538. The van der Waals surface area contributed by atoms with Gasteiger partial charge >= 0.3 is 0 Å². The number of amides is 2. The Bertz CT molecular complexity index is 867. The fourth-order valence-corrected chi connectivity index (χ4v) is 4.22. The Morgan fingerprint density at radius 2 is 1.73 bits per heavy atom. The zero-order valence-electron chi connectivity index (χ0n) is 17.3. The van der Waals surface area contributed by atoms with Crippen molar-refractivity contribution in [1.82, 2.24) is 10.2 Å². The largest absolute Gasteiger partial charge is 0.488 e. The van der Waals surface area contributed by atoms with Crippen LogP contribution in [0.15, 0.2) is 60.7 Å². The number of para-hydroxylation sites is 1. The highest BCUT2D eigenvalue weighted by Gasteiger charge is 2.56. The van der Waals surface area contributed by atoms with Crippen LogP contribution in [0.3, 0.4) is 0 Å². The molecule has 2 aliphatic rings. The van der Waals surface area contributed by atoms with E-state index in [0.717, 1.165) is 24.2 Å². The first-order chi connectivity index (χ1) is 14.6. The normalized spacial score (nSPS) is 21.8. The fourth-order valence-electron chi connectivity index (χ4n) is 4.22. The van der Waals surface area contributed by atoms with Gasteiger partial charge in [-0.2, -0.15) is 0 Å². The molecular formula is C24H28N2O4. The molecule has 4 rings (SSSR count). The number of likely N-dealkylation sites (tertiary alicyclic amines) is 1. The summed E-state index contributed by atoms with van der Waals surface area (Å²) in [6.07, 6.45) is 1.88. The van der Waals surface area contributed by atoms with Crippen LogP contribution in [0.5, 0.6) is 5.75 Å². The second-order valence-electron chi connectivity index (χ2n) is 7.99. The Hall–Kier alpha value is -2.86. The molecule has 2 fully saturated rings. The fraction of sp³-hybridized carbons (Fsp3) is 0.417. The van der Waals surface area contributed by atoms with Crippen molar-refractivity contribution >= 4 is 11.8 Å². The second-order valence-corrected chi connectivity index (χ2v) is 7.99. The van der Waals surface area contributed by atoms with Gasteiger partial charge in [0.2, 0.25) is 11.8 Å². The summed E-state index contributed by atoms with van der Waals surface area (Å²) in [6, 6.07) is 18.9. The number of ether oxygens (including phenoxy) is 2. The van der Waals surface area contributed by atoms with Crippen molar-refractivity contribution in [2.45, 2.75) is 36.8 Å². The SMILES string of the molecule is COCCNC(=O)[C@@H]1C[C@H](Oc2ccccc2)CN1C(=O)C1(c2ccccc2)CC1. The van der Waals surface area contributed by atoms with Gasteiger partial charge in [-0.15, -0.1) is 0 Å². The third-order valence-electron chi connectivity index (χ3n) is 5.96. The van der Waals surface area contributed by atoms with Gasteiger partial charge in [0, 0.05) is 20.1 Å². The summed E-state index contributed by atoms with van der Waals surface area (Å²) in [5.41, 5.74) is 0.523. The van der Waals surface area contributed by atoms with E-state index < -0.39 is 11.5 Å². The highest BCUT2D eigenvalue weighted by atomic mass is 16.5. The molecule has 2 amide bonds. The summed E-state index contributed by atoms with van der Waals surface area (Å²) >= 11 is 0. The lowest BCUT2D eigenvalue weighted by Gasteiger charge is -2.28. The van der Waals surface area contributed by atoms with E-state index in [0.29, 0.717) is 26.1 Å². The lowest BCUT2D eigenvalue weighted by atomic mass is 9.94. The minimum Gasteiger partial charge on any atom is -0.488 e. The maximum atomic E-state index is 13.6. The first-order valence-corrected chi connectivity index (χ1v) is 10.5. The maximum Gasteiger partial charge on any atom is 0.243 e. The summed E-state index contributed by atoms with van der Waals surface area (Å²) in [5, 5.41) is 2.89. The van der Waals surface area contributed by atoms with Crippen LogP contribution in [0.4, 0.5) is 0 Å². The van der Waals surface area contributed by atoms with E-state index in [9.17, 15) is 9.59 Å². The Labute approximate surface area is 177 Å². The van der Waals surface area contributed by atoms with Crippen molar-refractivity contribution in [3.63, 3.8) is 0 Å². The molecule has 158 valence electrons. The number of carbonyl (C=O) groups excluding carboxylic acids is 2. The molecule has 0 aromatic heterocycles. The average molecular weight is 408 g/mol. The predicted molar refractivity (Wildman–Crippen MR) is 113 cm³/mol. The summed E-state index contributed by atoms with van der Waals surface area (Å²) in [7, 11) is 1.60. The van der Waals surface area contributed by atoms with Crippen molar-refractivity contribution in [2.75, 3.05) is 26.8 Å². The van der Waals surface area contributed by atoms with E-state index in [1.165, 1.54) is 0 Å². The Morgan fingerprint density at radius 3 is 2.37 bits per heavy atom. The van der Waals surface area contributed by atoms with Crippen LogP contribution < -0.4 is 10.1 Å². The third-order valence-corrected chi connectivity index (χ3v) is 5.96. The quantitative estimate of drug-likeness (QED) is 0.682. The van der Waals surface area contributed by atoms with Gasteiger partial charge in [-0.1, -0.05) is 48.5 Å². The molecule has 0 spiro atoms. The number of benzene rings is 2. The standard InChI is InChI=1S/C24H28N2O4/c1-29-15-14-25-22(27)21-16-20(30-19-10-6-3-7-11-19)17-26(21)23(28)24(12-13-24)18-8-4-2-5-9-18/h2-11,20-21H,12-17H2,1H3,(H,25,27)/t20-,21-/m0/s1. The van der Waals surface area contributed by atoms with Gasteiger partial charge in [0.05, 0.1) is 18.6 Å². The second kappa shape index (κ2) is 8.88. The highest BCUT2D eigenvalue weighted by molar-refractivity contribution is 5.95. The summed E-state index contributed by atoms with van der Waals surface area (Å²) in [5.74, 6) is 0.628. The Kier molecular flexibility index (Phi) is 6.04. The maximum absolute atomic E-state index is 13.6. The number of hydrogen-bond donors (Lipinski definition) is 1. The van der Waals surface area contributed by atoms with Crippen molar-refractivity contribution in [1.29, 1.82) is 0 Å². The molecule has 0 radical (unpaired) electrons. The number of rotatable bonds is 8. The molecule has 6 heteroatoms. The highest BCUT2D eigenvalue weighted by Crippen LogP contribution is 2.50. The van der Waals surface area contributed by atoms with Crippen molar-refractivity contribution in [3.05, 3.63) is 66.2 Å². The van der Waals surface area contributed by atoms with E-state index in [2.05, 4.69) is 5.32 Å². The summed E-state index contributed by atoms with van der Waals surface area (Å²) < 4.78 is 11.1. The van der Waals surface area contributed by atoms with E-state index >= 15 is 0 Å². The van der Waals surface area contributed by atoms with Crippen LogP contribution in [-0.2, 0) is 19.7 Å². The molecule has 30 heavy (non-hydrogen) atoms. The predicted octanol–water partition coefficient (Wildman–Crippen LogP) is 2.53. The molecule has 1 heterocycles. The molecule has 2 atom stereocenters. The zero-order chi connectivity index (χ0) is 21.0. The topological polar surface area (TPSA) is 67.9 Å². The third kappa shape index (κ3) is 4.19. The molecule has 1 aliphatic heterocycles. The van der Waals surface area contributed by atoms with Gasteiger partial charge in [-0.3, -0.25) is 9.59 Å². The van der Waals surface area contributed by atoms with Gasteiger partial charge in [0.1, 0.15) is 17.9 Å². The molecule has 6 nitrogen and oxygen atoms in total. The monoisotopic (exact) mass is 408 g/mol. The van der Waals surface area contributed by atoms with E-state index in [1.807, 2.05) is 60.7 Å². The molecular weight excluding hydrogens is 380 g/mol. The summed E-state index contributed by atoms with van der Waals surface area (Å²) in [4.78, 5) is 28.3. The van der Waals surface area contributed by atoms with Crippen molar-refractivity contribution in [3.8, 4) is 5.75 Å². The van der Waals surface area contributed by atoms with Gasteiger partial charge in [0.25, 0.3) is 0 Å². The number of nitrogens with one attached hydrogen (secondary N) is 1. The molecule has 0 bridgehead atoms. The molecule has 2 aromatic carbocycles. The van der Waals surface area contributed by atoms with Crippen LogP contribution >= 0.6 is 0 Å². The van der Waals surface area contributed by atoms with Crippen molar-refractivity contribution in [2.24, 2.45) is 0 Å². The first kappa shape index (κ1) is 20.4. The Balaban J connectivity index is 1.53. The zero-order valence-corrected chi connectivity index (χ0v) is 17.3. The van der Waals surface area contributed by atoms with Crippen LogP contribution in [0.25, 0.3) is 0 Å². The molecule has 1 aliphatic carbocycles. The first-order valence-electron chi connectivity index (χ1n) is 10.5. The lowest BCUT2D eigenvalue weighted by Crippen LogP contribution is -2.49. The van der Waals surface area contributed by atoms with Gasteiger partial charge in [-0.05, 0) is 30.5 Å². The summed E-state index contributed by atoms with van der Waals surface area (Å²) in [6.45, 7) is 1.26.